The van der Waals surface area contributed by atoms with Gasteiger partial charge in [0.1, 0.15) is 5.51 Å². The standard InChI is InChI=1S/C12H22N4S/c1-10-5-4-6-12(7-10,16(2)3)8-13-11-15-14-9-17-11/h9-10H,4-8H2,1-3H3,(H,13,15). The third-order valence-corrected chi connectivity index (χ3v) is 4.59. The van der Waals surface area contributed by atoms with Crippen LogP contribution in [0, 0.1) is 5.92 Å². The molecule has 1 heterocycles. The van der Waals surface area contributed by atoms with E-state index in [2.05, 4.69) is 41.4 Å². The van der Waals surface area contributed by atoms with Crippen molar-refractivity contribution in [1.82, 2.24) is 15.1 Å². The Labute approximate surface area is 107 Å². The van der Waals surface area contributed by atoms with Crippen LogP contribution in [0.2, 0.25) is 0 Å². The lowest BCUT2D eigenvalue weighted by molar-refractivity contribution is 0.0882. The Morgan fingerprint density at radius 3 is 3.00 bits per heavy atom. The molecule has 96 valence electrons. The summed E-state index contributed by atoms with van der Waals surface area (Å²) in [6, 6.07) is 0. The normalized spacial score (nSPS) is 29.5. The number of nitrogens with zero attached hydrogens (tertiary/aromatic N) is 3. The van der Waals surface area contributed by atoms with Gasteiger partial charge in [0, 0.05) is 12.1 Å². The molecule has 2 atom stereocenters. The zero-order chi connectivity index (χ0) is 12.3. The van der Waals surface area contributed by atoms with Crippen LogP contribution in [0.4, 0.5) is 5.13 Å². The van der Waals surface area contributed by atoms with E-state index in [9.17, 15) is 0 Å². The third-order valence-electron chi connectivity index (χ3n) is 3.94. The zero-order valence-corrected chi connectivity index (χ0v) is 11.8. The van der Waals surface area contributed by atoms with Crippen LogP contribution in [0.1, 0.15) is 32.6 Å². The third kappa shape index (κ3) is 2.96. The summed E-state index contributed by atoms with van der Waals surface area (Å²) < 4.78 is 0. The van der Waals surface area contributed by atoms with Gasteiger partial charge in [0.25, 0.3) is 0 Å². The topological polar surface area (TPSA) is 41.1 Å². The Kier molecular flexibility index (Phi) is 3.99. The van der Waals surface area contributed by atoms with Crippen molar-refractivity contribution in [3.05, 3.63) is 5.51 Å². The molecule has 0 spiro atoms. The molecule has 1 aliphatic rings. The summed E-state index contributed by atoms with van der Waals surface area (Å²) in [5.74, 6) is 0.822. The molecule has 1 fully saturated rings. The fraction of sp³-hybridized carbons (Fsp3) is 0.833. The number of anilines is 1. The van der Waals surface area contributed by atoms with Crippen molar-refractivity contribution in [2.45, 2.75) is 38.1 Å². The highest BCUT2D eigenvalue weighted by Crippen LogP contribution is 2.35. The molecule has 2 unspecified atom stereocenters. The summed E-state index contributed by atoms with van der Waals surface area (Å²) in [6.45, 7) is 3.34. The largest absolute Gasteiger partial charge is 0.358 e. The van der Waals surface area contributed by atoms with Gasteiger partial charge in [0.2, 0.25) is 5.13 Å². The first-order valence-corrected chi connectivity index (χ1v) is 7.18. The monoisotopic (exact) mass is 254 g/mol. The SMILES string of the molecule is CC1CCCC(CNc2nncs2)(N(C)C)C1. The van der Waals surface area contributed by atoms with Crippen LogP contribution >= 0.6 is 11.3 Å². The van der Waals surface area contributed by atoms with Crippen LogP contribution < -0.4 is 5.32 Å². The maximum atomic E-state index is 4.05. The van der Waals surface area contributed by atoms with Gasteiger partial charge < -0.3 is 10.2 Å². The highest BCUT2D eigenvalue weighted by Gasteiger charge is 2.36. The van der Waals surface area contributed by atoms with Crippen molar-refractivity contribution >= 4 is 16.5 Å². The zero-order valence-electron chi connectivity index (χ0n) is 10.9. The van der Waals surface area contributed by atoms with Gasteiger partial charge in [-0.25, -0.2) is 0 Å². The lowest BCUT2D eigenvalue weighted by Gasteiger charge is -2.45. The first-order chi connectivity index (χ1) is 8.12. The Balaban J connectivity index is 2.01. The van der Waals surface area contributed by atoms with Gasteiger partial charge in [-0.1, -0.05) is 31.1 Å². The molecule has 5 heteroatoms. The predicted octanol–water partition coefficient (Wildman–Crippen LogP) is 2.46. The number of aromatic nitrogens is 2. The first-order valence-electron chi connectivity index (χ1n) is 6.30. The van der Waals surface area contributed by atoms with E-state index in [1.54, 1.807) is 16.8 Å². The number of hydrogen-bond acceptors (Lipinski definition) is 5. The molecule has 0 aliphatic heterocycles. The minimum Gasteiger partial charge on any atom is -0.358 e. The molecule has 17 heavy (non-hydrogen) atoms. The molecule has 0 saturated heterocycles. The molecule has 1 aromatic rings. The molecule has 1 N–H and O–H groups in total. The van der Waals surface area contributed by atoms with Crippen molar-refractivity contribution in [2.24, 2.45) is 5.92 Å². The summed E-state index contributed by atoms with van der Waals surface area (Å²) in [5, 5.41) is 12.3. The summed E-state index contributed by atoms with van der Waals surface area (Å²) in [4.78, 5) is 2.39. The van der Waals surface area contributed by atoms with Crippen LogP contribution in [-0.4, -0.2) is 41.3 Å². The van der Waals surface area contributed by atoms with Crippen LogP contribution in [0.25, 0.3) is 0 Å². The van der Waals surface area contributed by atoms with Gasteiger partial charge >= 0.3 is 0 Å². The molecule has 0 radical (unpaired) electrons. The van der Waals surface area contributed by atoms with Crippen molar-refractivity contribution in [1.29, 1.82) is 0 Å². The summed E-state index contributed by atoms with van der Waals surface area (Å²) in [6.07, 6.45) is 5.24. The van der Waals surface area contributed by atoms with Gasteiger partial charge in [-0.05, 0) is 32.9 Å². The van der Waals surface area contributed by atoms with E-state index >= 15 is 0 Å². The highest BCUT2D eigenvalue weighted by atomic mass is 32.1. The molecule has 2 rings (SSSR count). The molecule has 0 aromatic carbocycles. The quantitative estimate of drug-likeness (QED) is 0.896. The summed E-state index contributed by atoms with van der Waals surface area (Å²) in [7, 11) is 4.39. The molecular weight excluding hydrogens is 232 g/mol. The number of likely N-dealkylation sites (N-methyl/N-ethyl adjacent to an activating group) is 1. The van der Waals surface area contributed by atoms with E-state index in [0.717, 1.165) is 17.6 Å². The summed E-state index contributed by atoms with van der Waals surface area (Å²) in [5.41, 5.74) is 2.05. The van der Waals surface area contributed by atoms with Gasteiger partial charge in [-0.2, -0.15) is 0 Å². The molecule has 1 aromatic heterocycles. The summed E-state index contributed by atoms with van der Waals surface area (Å²) >= 11 is 1.57. The fourth-order valence-electron chi connectivity index (χ4n) is 2.85. The van der Waals surface area contributed by atoms with Gasteiger partial charge in [-0.15, -0.1) is 10.2 Å². The van der Waals surface area contributed by atoms with E-state index in [1.165, 1.54) is 25.7 Å². The average molecular weight is 254 g/mol. The number of nitrogens with one attached hydrogen (secondary N) is 1. The Hall–Kier alpha value is -0.680. The molecule has 1 saturated carbocycles. The van der Waals surface area contributed by atoms with Crippen molar-refractivity contribution in [3.8, 4) is 0 Å². The second-order valence-electron chi connectivity index (χ2n) is 5.42. The van der Waals surface area contributed by atoms with Gasteiger partial charge in [-0.3, -0.25) is 0 Å². The second kappa shape index (κ2) is 5.31. The molecule has 4 nitrogen and oxygen atoms in total. The van der Waals surface area contributed by atoms with E-state index in [4.69, 9.17) is 0 Å². The Morgan fingerprint density at radius 2 is 2.41 bits per heavy atom. The van der Waals surface area contributed by atoms with Gasteiger partial charge in [0.15, 0.2) is 0 Å². The fourth-order valence-corrected chi connectivity index (χ4v) is 3.29. The van der Waals surface area contributed by atoms with Crippen LogP contribution in [0.3, 0.4) is 0 Å². The maximum Gasteiger partial charge on any atom is 0.205 e. The molecule has 0 amide bonds. The van der Waals surface area contributed by atoms with Crippen LogP contribution in [-0.2, 0) is 0 Å². The van der Waals surface area contributed by atoms with Gasteiger partial charge in [0.05, 0.1) is 0 Å². The second-order valence-corrected chi connectivity index (χ2v) is 6.25. The van der Waals surface area contributed by atoms with Crippen molar-refractivity contribution in [3.63, 3.8) is 0 Å². The highest BCUT2D eigenvalue weighted by molar-refractivity contribution is 7.13. The van der Waals surface area contributed by atoms with Crippen molar-refractivity contribution in [2.75, 3.05) is 26.0 Å². The van der Waals surface area contributed by atoms with E-state index in [0.29, 0.717) is 0 Å². The van der Waals surface area contributed by atoms with E-state index in [-0.39, 0.29) is 5.54 Å². The van der Waals surface area contributed by atoms with Crippen LogP contribution in [0.5, 0.6) is 0 Å². The molecule has 1 aliphatic carbocycles. The lowest BCUT2D eigenvalue weighted by Crippen LogP contribution is -2.52. The maximum absolute atomic E-state index is 4.05. The number of rotatable bonds is 4. The van der Waals surface area contributed by atoms with E-state index in [1.807, 2.05) is 0 Å². The Bertz CT molecular complexity index is 338. The van der Waals surface area contributed by atoms with Crippen LogP contribution in [0.15, 0.2) is 5.51 Å². The molecule has 0 bridgehead atoms. The van der Waals surface area contributed by atoms with Crippen molar-refractivity contribution < 1.29 is 0 Å². The minimum atomic E-state index is 0.281. The average Bonchev–Trinajstić information content (AvgIpc) is 2.79. The Morgan fingerprint density at radius 1 is 1.59 bits per heavy atom. The molecular formula is C12H22N4S. The lowest BCUT2D eigenvalue weighted by atomic mass is 9.75. The smallest absolute Gasteiger partial charge is 0.205 e. The van der Waals surface area contributed by atoms with E-state index < -0.39 is 0 Å². The predicted molar refractivity (Wildman–Crippen MR) is 72.4 cm³/mol. The minimum absolute atomic E-state index is 0.281. The number of hydrogen-bond donors (Lipinski definition) is 1. The first kappa shape index (κ1) is 12.8.